The van der Waals surface area contributed by atoms with E-state index in [4.69, 9.17) is 4.74 Å². The second-order valence-electron chi connectivity index (χ2n) is 40.9. The maximum Gasteiger partial charge on any atom is 0.151 e. The summed E-state index contributed by atoms with van der Waals surface area (Å²) in [5.74, 6) is 1.76. The molecule has 3 aliphatic carbocycles. The van der Waals surface area contributed by atoms with Crippen molar-refractivity contribution in [2.24, 2.45) is 0 Å². The van der Waals surface area contributed by atoms with Crippen molar-refractivity contribution < 1.29 is 4.74 Å². The highest BCUT2D eigenvalue weighted by Gasteiger charge is 2.41. The number of rotatable bonds is 6. The van der Waals surface area contributed by atoms with E-state index in [0.29, 0.717) is 0 Å². The lowest BCUT2D eigenvalue weighted by Gasteiger charge is -2.40. The zero-order valence-corrected chi connectivity index (χ0v) is 80.8. The number of para-hydroxylation sites is 4. The summed E-state index contributed by atoms with van der Waals surface area (Å²) >= 11 is 1.86. The second kappa shape index (κ2) is 31.1. The van der Waals surface area contributed by atoms with Gasteiger partial charge in [-0.05, 0) is 309 Å². The number of aryl methyl sites for hydroxylation is 3. The average Bonchev–Trinajstić information content (AvgIpc) is 1.63. The Bertz CT molecular complexity index is 8440. The number of hydrogen-bond donors (Lipinski definition) is 0. The molecule has 3 aliphatic heterocycles. The lowest BCUT2D eigenvalue weighted by atomic mass is 9.73. The zero-order valence-electron chi connectivity index (χ0n) is 80.0. The molecule has 0 atom stereocenters. The van der Waals surface area contributed by atoms with Gasteiger partial charge in [0, 0.05) is 64.0 Å². The van der Waals surface area contributed by atoms with Crippen LogP contribution in [0.2, 0.25) is 0 Å². The highest BCUT2D eigenvalue weighted by atomic mass is 32.2. The quantitative estimate of drug-likeness (QED) is 0.154. The second-order valence-corrected chi connectivity index (χ2v) is 42.0. The van der Waals surface area contributed by atoms with E-state index in [2.05, 4.69) is 482 Å². The predicted molar refractivity (Wildman–Crippen MR) is 584 cm³/mol. The number of hydrogen-bond acceptors (Lipinski definition) is 5. The van der Waals surface area contributed by atoms with Crippen LogP contribution < -0.4 is 19.4 Å². The summed E-state index contributed by atoms with van der Waals surface area (Å²) in [5.41, 5.74) is 45.5. The first-order valence-electron chi connectivity index (χ1n) is 48.3. The van der Waals surface area contributed by atoms with Crippen LogP contribution in [0.4, 0.5) is 34.1 Å². The minimum absolute atomic E-state index is 0.00650. The molecule has 3 heterocycles. The maximum atomic E-state index is 6.34. The molecular weight excluding hydrogens is 1680 g/mol. The summed E-state index contributed by atoms with van der Waals surface area (Å²) in [7, 11) is 6.53. The third-order valence-corrected chi connectivity index (χ3v) is 32.7. The third kappa shape index (κ3) is 12.8. The van der Waals surface area contributed by atoms with E-state index in [1.54, 1.807) is 0 Å². The normalized spacial score (nSPS) is 14.6. The fraction of sp³-hybridized carbons (Fsp3) is 0.136. The van der Waals surface area contributed by atoms with Crippen LogP contribution >= 0.6 is 11.8 Å². The average molecular weight is 1780 g/mol. The van der Waals surface area contributed by atoms with Gasteiger partial charge in [-0.25, -0.2) is 0 Å². The highest BCUT2D eigenvalue weighted by molar-refractivity contribution is 7.99. The summed E-state index contributed by atoms with van der Waals surface area (Å²) in [6.45, 7) is 25.5. The molecule has 6 aliphatic rings. The molecule has 0 radical (unpaired) electrons. The fourth-order valence-electron chi connectivity index (χ4n) is 24.6. The van der Waals surface area contributed by atoms with Gasteiger partial charge < -0.3 is 19.4 Å². The van der Waals surface area contributed by atoms with Gasteiger partial charge in [0.1, 0.15) is 0 Å². The van der Waals surface area contributed by atoms with E-state index in [1.807, 2.05) is 23.9 Å². The molecule has 0 saturated heterocycles. The van der Waals surface area contributed by atoms with Crippen LogP contribution in [0.3, 0.4) is 0 Å². The van der Waals surface area contributed by atoms with Gasteiger partial charge >= 0.3 is 0 Å². The van der Waals surface area contributed by atoms with Crippen molar-refractivity contribution in [1.82, 2.24) is 0 Å². The smallest absolute Gasteiger partial charge is 0.151 e. The Balaban J connectivity index is 0.000000109. The van der Waals surface area contributed by atoms with Crippen molar-refractivity contribution in [2.75, 3.05) is 35.8 Å². The molecule has 21 aromatic carbocycles. The molecule has 5 heteroatoms. The molecule has 660 valence electrons. The Morgan fingerprint density at radius 2 is 0.460 bits per heavy atom. The Hall–Kier alpha value is -15.3. The van der Waals surface area contributed by atoms with Gasteiger partial charge in [0.2, 0.25) is 0 Å². The number of fused-ring (bicyclic) bond motifs is 21. The summed E-state index contributed by atoms with van der Waals surface area (Å²) in [5, 5.41) is 15.4. The summed E-state index contributed by atoms with van der Waals surface area (Å²) in [4.78, 5) is 9.56. The van der Waals surface area contributed by atoms with Crippen molar-refractivity contribution >= 4 is 111 Å². The minimum atomic E-state index is -0.0805. The molecule has 137 heavy (non-hydrogen) atoms. The number of ether oxygens (including phenoxy) is 1. The van der Waals surface area contributed by atoms with Gasteiger partial charge in [0.15, 0.2) is 11.5 Å². The standard InChI is InChI=1S/C46H39N.C43H33NO.C43H33NS/c1-28-19-22-34-36(25-28)44(29-20-23-38-35(26-29)31-13-9-10-16-37(31)45(38,2)3)33-15-8-7-14-32(33)43(34)30-21-24-40-42(27-30)47(6)41-18-12-11-17-39(41)46(40,4)5;2*1-26-17-20-32-34(23-26)42(27-18-21-36-33(24-27)29-11-7-8-14-35(29)43(36,2)3)31-13-6-5-12-30(31)41(32)28-19-22-40-38(25-28)44(4)37-15-9-10-16-39(37)45-40/h7-27H,1-6H3;2*5-25H,1-4H3. The van der Waals surface area contributed by atoms with Gasteiger partial charge in [0.25, 0.3) is 0 Å². The highest BCUT2D eigenvalue weighted by Crippen LogP contribution is 2.60. The van der Waals surface area contributed by atoms with E-state index in [-0.39, 0.29) is 21.7 Å². The van der Waals surface area contributed by atoms with Crippen LogP contribution in [0, 0.1) is 20.8 Å². The first-order chi connectivity index (χ1) is 66.5. The van der Waals surface area contributed by atoms with E-state index >= 15 is 0 Å². The molecular formula is C132H105N3OS. The summed E-state index contributed by atoms with van der Waals surface area (Å²) < 4.78 is 6.34. The Morgan fingerprint density at radius 3 is 0.898 bits per heavy atom. The third-order valence-electron chi connectivity index (χ3n) is 31.5. The molecule has 0 amide bonds. The van der Waals surface area contributed by atoms with E-state index in [1.165, 1.54) is 259 Å². The van der Waals surface area contributed by atoms with Gasteiger partial charge in [-0.15, -0.1) is 0 Å². The topological polar surface area (TPSA) is 19.0 Å². The van der Waals surface area contributed by atoms with E-state index in [0.717, 1.165) is 22.9 Å². The molecule has 27 rings (SSSR count). The summed E-state index contributed by atoms with van der Waals surface area (Å²) in [6.07, 6.45) is 0. The van der Waals surface area contributed by atoms with Gasteiger partial charge in [-0.2, -0.15) is 0 Å². The van der Waals surface area contributed by atoms with Crippen LogP contribution in [0.25, 0.3) is 165 Å². The Morgan fingerprint density at radius 1 is 0.190 bits per heavy atom. The monoisotopic (exact) mass is 1780 g/mol. The first-order valence-corrected chi connectivity index (χ1v) is 49.2. The van der Waals surface area contributed by atoms with Crippen LogP contribution in [0.15, 0.2) is 392 Å². The molecule has 0 fully saturated rings. The molecule has 0 bridgehead atoms. The predicted octanol–water partition coefficient (Wildman–Crippen LogP) is 36.3. The van der Waals surface area contributed by atoms with Gasteiger partial charge in [0.05, 0.1) is 22.7 Å². The molecule has 0 unspecified atom stereocenters. The lowest BCUT2D eigenvalue weighted by Crippen LogP contribution is -2.30. The number of nitrogens with zero attached hydrogens (tertiary/aromatic N) is 3. The van der Waals surface area contributed by atoms with E-state index < -0.39 is 0 Å². The first kappa shape index (κ1) is 83.5. The minimum Gasteiger partial charge on any atom is -0.453 e. The van der Waals surface area contributed by atoms with Gasteiger partial charge in [-0.1, -0.05) is 387 Å². The lowest BCUT2D eigenvalue weighted by molar-refractivity contribution is 0.475. The Kier molecular flexibility index (Phi) is 19.0. The molecule has 0 aromatic heterocycles. The molecule has 21 aromatic rings. The SMILES string of the molecule is Cc1ccc2c(-c3ccc4c(c3)N(C)c3ccccc3C4(C)C)c3ccccc3c(-c3ccc4c(c3)-c3ccccc3C4(C)C)c2c1.Cc1ccc2c(-c3ccc4c(c3)N(C)c3ccccc3O4)c3ccccc3c(-c3ccc4c(c3)-c3ccccc3C4(C)C)c2c1.Cc1ccc2c(-c3ccc4c(c3)N(C)c3ccccc3S4)c3ccccc3c(-c3ccc4c(c3)-c3ccccc3C4(C)C)c2c1. The van der Waals surface area contributed by atoms with Crippen LogP contribution in [0.1, 0.15) is 117 Å². The Labute approximate surface area is 807 Å². The van der Waals surface area contributed by atoms with Gasteiger partial charge in [-0.3, -0.25) is 0 Å². The van der Waals surface area contributed by atoms with Crippen LogP contribution in [-0.4, -0.2) is 21.1 Å². The largest absolute Gasteiger partial charge is 0.453 e. The van der Waals surface area contributed by atoms with Crippen LogP contribution in [0.5, 0.6) is 11.5 Å². The molecule has 0 N–H and O–H groups in total. The summed E-state index contributed by atoms with van der Waals surface area (Å²) in [6, 6.07) is 143. The van der Waals surface area contributed by atoms with Crippen LogP contribution in [-0.2, 0) is 21.7 Å². The zero-order chi connectivity index (χ0) is 93.1. The maximum absolute atomic E-state index is 6.34. The van der Waals surface area contributed by atoms with Crippen molar-refractivity contribution in [3.8, 4) is 112 Å². The molecule has 0 spiro atoms. The number of anilines is 6. The van der Waals surface area contributed by atoms with Crippen molar-refractivity contribution in [2.45, 2.75) is 108 Å². The van der Waals surface area contributed by atoms with Crippen molar-refractivity contribution in [1.29, 1.82) is 0 Å². The molecule has 0 saturated carbocycles. The van der Waals surface area contributed by atoms with E-state index in [9.17, 15) is 0 Å². The number of benzene rings is 21. The fourth-order valence-corrected chi connectivity index (χ4v) is 25.7. The molecule has 4 nitrogen and oxygen atoms in total. The van der Waals surface area contributed by atoms with Crippen molar-refractivity contribution in [3.63, 3.8) is 0 Å². The van der Waals surface area contributed by atoms with Crippen molar-refractivity contribution in [3.05, 3.63) is 443 Å².